The maximum atomic E-state index is 9.48. The van der Waals surface area contributed by atoms with E-state index in [2.05, 4.69) is 4.18 Å². The van der Waals surface area contributed by atoms with Gasteiger partial charge in [0.1, 0.15) is 0 Å². The minimum absolute atomic E-state index is 0. The predicted octanol–water partition coefficient (Wildman–Crippen LogP) is -4.13. The topological polar surface area (TPSA) is 75.4 Å². The minimum atomic E-state index is -2.40. The van der Waals surface area contributed by atoms with Gasteiger partial charge >= 0.3 is 29.6 Å². The number of rotatable bonds is 3. The summed E-state index contributed by atoms with van der Waals surface area (Å²) in [5.41, 5.74) is 4.88. The second-order valence-electron chi connectivity index (χ2n) is 0.815. The average molecular weight is 148 g/mol. The fourth-order valence-corrected chi connectivity index (χ4v) is 0.348. The van der Waals surface area contributed by atoms with Crippen molar-refractivity contribution < 1.29 is 43.9 Å². The summed E-state index contributed by atoms with van der Waals surface area (Å²) in [4.78, 5) is 0. The van der Waals surface area contributed by atoms with Gasteiger partial charge in [-0.2, -0.15) is 0 Å². The molecule has 0 aliphatic rings. The molecule has 0 saturated heterocycles. The van der Waals surface area contributed by atoms with Gasteiger partial charge in [0.25, 0.3) is 0 Å². The summed E-state index contributed by atoms with van der Waals surface area (Å²) in [5, 5.41) is 0. The Balaban J connectivity index is -0.000000180. The van der Waals surface area contributed by atoms with Crippen LogP contribution in [0.2, 0.25) is 0 Å². The summed E-state index contributed by atoms with van der Waals surface area (Å²) in [6.45, 7) is 0.296. The molecule has 6 heteroatoms. The van der Waals surface area contributed by atoms with Crippen LogP contribution in [0.15, 0.2) is 0 Å². The SMILES string of the molecule is NCCOS(=O)[O-].[H-].[Na+]. The molecule has 0 heterocycles. The molecule has 0 bridgehead atoms. The summed E-state index contributed by atoms with van der Waals surface area (Å²) in [7, 11) is 0. The van der Waals surface area contributed by atoms with E-state index in [1.807, 2.05) is 0 Å². The van der Waals surface area contributed by atoms with E-state index in [1.54, 1.807) is 0 Å². The molecule has 0 spiro atoms. The molecule has 1 unspecified atom stereocenters. The number of nitrogens with two attached hydrogens (primary N) is 1. The van der Waals surface area contributed by atoms with Gasteiger partial charge in [0.05, 0.1) is 18.0 Å². The first-order valence-electron chi connectivity index (χ1n) is 1.70. The molecule has 0 aliphatic carbocycles. The van der Waals surface area contributed by atoms with Crippen molar-refractivity contribution in [1.82, 2.24) is 0 Å². The third kappa shape index (κ3) is 10.1. The molecule has 0 aromatic carbocycles. The molecule has 0 saturated carbocycles. The summed E-state index contributed by atoms with van der Waals surface area (Å²) < 4.78 is 22.9. The molecule has 2 N–H and O–H groups in total. The Labute approximate surface area is 74.0 Å². The van der Waals surface area contributed by atoms with E-state index in [-0.39, 0.29) is 44.1 Å². The van der Waals surface area contributed by atoms with Crippen LogP contribution in [-0.2, 0) is 15.5 Å². The van der Waals surface area contributed by atoms with Crippen LogP contribution in [0.25, 0.3) is 0 Å². The first-order chi connectivity index (χ1) is 3.27. The maximum absolute atomic E-state index is 9.48. The quantitative estimate of drug-likeness (QED) is 0.326. The van der Waals surface area contributed by atoms with Crippen molar-refractivity contribution >= 4 is 11.4 Å². The summed E-state index contributed by atoms with van der Waals surface area (Å²) in [5.74, 6) is 0. The summed E-state index contributed by atoms with van der Waals surface area (Å²) >= 11 is -2.40. The van der Waals surface area contributed by atoms with Crippen LogP contribution in [-0.4, -0.2) is 21.9 Å². The first kappa shape index (κ1) is 11.8. The molecule has 0 radical (unpaired) electrons. The molecular weight excluding hydrogens is 141 g/mol. The molecule has 46 valence electrons. The Morgan fingerprint density at radius 3 is 2.50 bits per heavy atom. The molecule has 0 aliphatic heterocycles. The van der Waals surface area contributed by atoms with E-state index in [0.29, 0.717) is 0 Å². The van der Waals surface area contributed by atoms with E-state index in [1.165, 1.54) is 0 Å². The van der Waals surface area contributed by atoms with E-state index < -0.39 is 11.4 Å². The van der Waals surface area contributed by atoms with Crippen LogP contribution in [0.4, 0.5) is 0 Å². The van der Waals surface area contributed by atoms with E-state index in [9.17, 15) is 8.76 Å². The number of hydrogen-bond acceptors (Lipinski definition) is 4. The van der Waals surface area contributed by atoms with Gasteiger partial charge in [-0.3, -0.25) is 4.18 Å². The van der Waals surface area contributed by atoms with Gasteiger partial charge in [-0.1, -0.05) is 0 Å². The van der Waals surface area contributed by atoms with Gasteiger partial charge in [-0.05, 0) is 0 Å². The van der Waals surface area contributed by atoms with E-state index >= 15 is 0 Å². The van der Waals surface area contributed by atoms with Crippen LogP contribution in [0.5, 0.6) is 0 Å². The monoisotopic (exact) mass is 148 g/mol. The largest absolute Gasteiger partial charge is 1.00 e. The van der Waals surface area contributed by atoms with Gasteiger partial charge in [0.15, 0.2) is 0 Å². The Kier molecular flexibility index (Phi) is 11.8. The zero-order valence-electron chi connectivity index (χ0n) is 5.62. The van der Waals surface area contributed by atoms with Gasteiger partial charge in [-0.25, -0.2) is 4.21 Å². The third-order valence-corrected chi connectivity index (χ3v) is 0.657. The minimum Gasteiger partial charge on any atom is -1.00 e. The molecule has 0 fully saturated rings. The number of hydrogen-bond donors (Lipinski definition) is 1. The fraction of sp³-hybridized carbons (Fsp3) is 1.00. The van der Waals surface area contributed by atoms with E-state index in [4.69, 9.17) is 5.73 Å². The average Bonchev–Trinajstić information content (AvgIpc) is 1.61. The second kappa shape index (κ2) is 8.03. The van der Waals surface area contributed by atoms with Crippen molar-refractivity contribution in [3.63, 3.8) is 0 Å². The molecule has 0 amide bonds. The second-order valence-corrected chi connectivity index (χ2v) is 1.46. The standard InChI is InChI=1S/C2H7NO3S.Na.H/c3-1-2-6-7(4)5;;/h1-3H2,(H,4,5);;/q;+1;-1/p-1. The Bertz CT molecular complexity index is 74.8. The molecule has 4 nitrogen and oxygen atoms in total. The van der Waals surface area contributed by atoms with Crippen LogP contribution in [0.1, 0.15) is 1.43 Å². The normalized spacial score (nSPS) is 12.2. The predicted molar refractivity (Wildman–Crippen MR) is 25.0 cm³/mol. The van der Waals surface area contributed by atoms with Gasteiger partial charge in [-0.15, -0.1) is 0 Å². The Hall–Kier alpha value is 1.03. The van der Waals surface area contributed by atoms with Gasteiger partial charge < -0.3 is 11.7 Å². The summed E-state index contributed by atoms with van der Waals surface area (Å²) in [6.07, 6.45) is 0. The van der Waals surface area contributed by atoms with Crippen molar-refractivity contribution in [2.45, 2.75) is 0 Å². The van der Waals surface area contributed by atoms with Crippen LogP contribution < -0.4 is 35.3 Å². The first-order valence-corrected chi connectivity index (χ1v) is 2.70. The zero-order chi connectivity index (χ0) is 5.70. The summed E-state index contributed by atoms with van der Waals surface area (Å²) in [6, 6.07) is 0. The smallest absolute Gasteiger partial charge is 1.00 e. The zero-order valence-corrected chi connectivity index (χ0v) is 7.44. The van der Waals surface area contributed by atoms with Crippen molar-refractivity contribution in [3.05, 3.63) is 0 Å². The Morgan fingerprint density at radius 2 is 2.38 bits per heavy atom. The van der Waals surface area contributed by atoms with Crippen molar-refractivity contribution in [2.24, 2.45) is 5.73 Å². The van der Waals surface area contributed by atoms with Crippen molar-refractivity contribution in [1.29, 1.82) is 0 Å². The van der Waals surface area contributed by atoms with Crippen molar-refractivity contribution in [2.75, 3.05) is 13.2 Å². The van der Waals surface area contributed by atoms with Crippen LogP contribution in [0, 0.1) is 0 Å². The molecule has 1 atom stereocenters. The molecule has 0 rings (SSSR count). The van der Waals surface area contributed by atoms with Crippen LogP contribution in [0.3, 0.4) is 0 Å². The fourth-order valence-electron chi connectivity index (χ4n) is 0.116. The van der Waals surface area contributed by atoms with E-state index in [0.717, 1.165) is 0 Å². The Morgan fingerprint density at radius 1 is 1.88 bits per heavy atom. The molecule has 0 aromatic heterocycles. The molecule has 8 heavy (non-hydrogen) atoms. The van der Waals surface area contributed by atoms with Crippen molar-refractivity contribution in [3.8, 4) is 0 Å². The van der Waals surface area contributed by atoms with Crippen LogP contribution >= 0.6 is 0 Å². The third-order valence-electron chi connectivity index (χ3n) is 0.297. The maximum Gasteiger partial charge on any atom is 1.00 e. The molecule has 0 aromatic rings. The molecular formula is C2H7NNaO3S-. The van der Waals surface area contributed by atoms with Gasteiger partial charge in [0, 0.05) is 6.54 Å². The van der Waals surface area contributed by atoms with Gasteiger partial charge in [0.2, 0.25) is 0 Å².